The van der Waals surface area contributed by atoms with E-state index < -0.39 is 0 Å². The summed E-state index contributed by atoms with van der Waals surface area (Å²) in [6.07, 6.45) is 8.75. The van der Waals surface area contributed by atoms with Gasteiger partial charge in [0.15, 0.2) is 0 Å². The Balaban J connectivity index is 1.52. The molecule has 0 aliphatic carbocycles. The molecule has 2 aliphatic heterocycles. The van der Waals surface area contributed by atoms with Crippen molar-refractivity contribution in [2.75, 3.05) is 29.4 Å². The van der Waals surface area contributed by atoms with E-state index in [1.54, 1.807) is 12.4 Å². The van der Waals surface area contributed by atoms with E-state index in [0.717, 1.165) is 43.3 Å². The van der Waals surface area contributed by atoms with Crippen molar-refractivity contribution in [1.29, 1.82) is 0 Å². The first-order valence-electron chi connectivity index (χ1n) is 7.89. The molecule has 6 heteroatoms. The van der Waals surface area contributed by atoms with E-state index in [9.17, 15) is 4.79 Å². The van der Waals surface area contributed by atoms with Gasteiger partial charge in [-0.3, -0.25) is 9.78 Å². The SMILES string of the molecule is Cc1cnc(N2CC[C@]3(CC(=O)N(c4cccnc4)C3)C2)nc1. The molecule has 0 radical (unpaired) electrons. The number of anilines is 2. The molecule has 2 aliphatic rings. The number of carbonyl (C=O) groups is 1. The third-order valence-electron chi connectivity index (χ3n) is 4.77. The molecule has 0 aromatic carbocycles. The number of hydrogen-bond acceptors (Lipinski definition) is 5. The van der Waals surface area contributed by atoms with Gasteiger partial charge in [-0.2, -0.15) is 0 Å². The lowest BCUT2D eigenvalue weighted by Gasteiger charge is -2.24. The van der Waals surface area contributed by atoms with E-state index in [0.29, 0.717) is 6.42 Å². The molecule has 0 bridgehead atoms. The second kappa shape index (κ2) is 5.30. The zero-order valence-electron chi connectivity index (χ0n) is 13.1. The third-order valence-corrected chi connectivity index (χ3v) is 4.77. The summed E-state index contributed by atoms with van der Waals surface area (Å²) in [5.41, 5.74) is 1.95. The number of aromatic nitrogens is 3. The summed E-state index contributed by atoms with van der Waals surface area (Å²) in [5.74, 6) is 0.949. The highest BCUT2D eigenvalue weighted by Crippen LogP contribution is 2.42. The Labute approximate surface area is 135 Å². The van der Waals surface area contributed by atoms with Crippen LogP contribution in [-0.2, 0) is 4.79 Å². The van der Waals surface area contributed by atoms with Crippen LogP contribution in [0.15, 0.2) is 36.9 Å². The van der Waals surface area contributed by atoms with Crippen LogP contribution in [0.4, 0.5) is 11.6 Å². The summed E-state index contributed by atoms with van der Waals surface area (Å²) >= 11 is 0. The van der Waals surface area contributed by atoms with Crippen molar-refractivity contribution in [3.63, 3.8) is 0 Å². The Hall–Kier alpha value is -2.50. The van der Waals surface area contributed by atoms with Crippen LogP contribution in [0.5, 0.6) is 0 Å². The molecule has 2 aromatic rings. The van der Waals surface area contributed by atoms with Crippen molar-refractivity contribution >= 4 is 17.5 Å². The second-order valence-corrected chi connectivity index (χ2v) is 6.60. The number of amides is 1. The molecule has 4 heterocycles. The molecular formula is C17H19N5O. The number of nitrogens with zero attached hydrogens (tertiary/aromatic N) is 5. The summed E-state index contributed by atoms with van der Waals surface area (Å²) in [6, 6.07) is 3.81. The monoisotopic (exact) mass is 309 g/mol. The summed E-state index contributed by atoms with van der Waals surface area (Å²) in [7, 11) is 0. The van der Waals surface area contributed by atoms with Crippen LogP contribution in [0.25, 0.3) is 0 Å². The molecular weight excluding hydrogens is 290 g/mol. The first kappa shape index (κ1) is 14.1. The third kappa shape index (κ3) is 2.54. The molecule has 23 heavy (non-hydrogen) atoms. The van der Waals surface area contributed by atoms with Crippen molar-refractivity contribution in [3.8, 4) is 0 Å². The zero-order chi connectivity index (χ0) is 15.9. The van der Waals surface area contributed by atoms with Gasteiger partial charge >= 0.3 is 0 Å². The van der Waals surface area contributed by atoms with Crippen LogP contribution >= 0.6 is 0 Å². The summed E-state index contributed by atoms with van der Waals surface area (Å²) in [4.78, 5) is 29.5. The molecule has 4 rings (SSSR count). The molecule has 2 fully saturated rings. The summed E-state index contributed by atoms with van der Waals surface area (Å²) < 4.78 is 0. The first-order valence-corrected chi connectivity index (χ1v) is 7.89. The number of aryl methyl sites for hydroxylation is 1. The molecule has 1 spiro atoms. The fourth-order valence-corrected chi connectivity index (χ4v) is 3.57. The normalized spacial score (nSPS) is 24.0. The van der Waals surface area contributed by atoms with Crippen molar-refractivity contribution in [3.05, 3.63) is 42.5 Å². The molecule has 2 aromatic heterocycles. The van der Waals surface area contributed by atoms with Gasteiger partial charge in [-0.15, -0.1) is 0 Å². The van der Waals surface area contributed by atoms with Gasteiger partial charge < -0.3 is 9.80 Å². The molecule has 6 nitrogen and oxygen atoms in total. The van der Waals surface area contributed by atoms with Crippen LogP contribution in [0.3, 0.4) is 0 Å². The highest BCUT2D eigenvalue weighted by molar-refractivity contribution is 5.96. The van der Waals surface area contributed by atoms with Crippen molar-refractivity contribution in [2.24, 2.45) is 5.41 Å². The number of pyridine rings is 1. The molecule has 1 atom stereocenters. The van der Waals surface area contributed by atoms with Crippen LogP contribution in [0, 0.1) is 12.3 Å². The van der Waals surface area contributed by atoms with Gasteiger partial charge in [-0.05, 0) is 31.0 Å². The minimum Gasteiger partial charge on any atom is -0.340 e. The minimum absolute atomic E-state index is 0.00116. The lowest BCUT2D eigenvalue weighted by Crippen LogP contribution is -2.31. The molecule has 1 amide bonds. The Morgan fingerprint density at radius 3 is 2.74 bits per heavy atom. The molecule has 0 unspecified atom stereocenters. The summed E-state index contributed by atoms with van der Waals surface area (Å²) in [5, 5.41) is 0. The van der Waals surface area contributed by atoms with Crippen molar-refractivity contribution in [1.82, 2.24) is 15.0 Å². The Kier molecular flexibility index (Phi) is 3.25. The first-order chi connectivity index (χ1) is 11.2. The predicted octanol–water partition coefficient (Wildman–Crippen LogP) is 1.81. The van der Waals surface area contributed by atoms with Gasteiger partial charge in [0.2, 0.25) is 11.9 Å². The smallest absolute Gasteiger partial charge is 0.227 e. The Morgan fingerprint density at radius 2 is 2.00 bits per heavy atom. The highest BCUT2D eigenvalue weighted by Gasteiger charge is 2.48. The lowest BCUT2D eigenvalue weighted by molar-refractivity contribution is -0.117. The number of carbonyl (C=O) groups excluding carboxylic acids is 1. The van der Waals surface area contributed by atoms with E-state index in [-0.39, 0.29) is 11.3 Å². The maximum Gasteiger partial charge on any atom is 0.227 e. The van der Waals surface area contributed by atoms with E-state index in [1.165, 1.54) is 0 Å². The van der Waals surface area contributed by atoms with Gasteiger partial charge in [-0.1, -0.05) is 0 Å². The predicted molar refractivity (Wildman–Crippen MR) is 87.2 cm³/mol. The molecule has 118 valence electrons. The van der Waals surface area contributed by atoms with Gasteiger partial charge in [0.1, 0.15) is 0 Å². The van der Waals surface area contributed by atoms with Crippen LogP contribution in [-0.4, -0.2) is 40.5 Å². The fourth-order valence-electron chi connectivity index (χ4n) is 3.57. The molecule has 0 saturated carbocycles. The Bertz CT molecular complexity index is 718. The van der Waals surface area contributed by atoms with Crippen LogP contribution in [0.1, 0.15) is 18.4 Å². The average molecular weight is 309 g/mol. The van der Waals surface area contributed by atoms with Gasteiger partial charge in [0.05, 0.1) is 11.9 Å². The molecule has 0 N–H and O–H groups in total. The van der Waals surface area contributed by atoms with E-state index in [4.69, 9.17) is 0 Å². The number of hydrogen-bond donors (Lipinski definition) is 0. The van der Waals surface area contributed by atoms with Gasteiger partial charge in [0.25, 0.3) is 0 Å². The highest BCUT2D eigenvalue weighted by atomic mass is 16.2. The molecule has 2 saturated heterocycles. The van der Waals surface area contributed by atoms with Crippen LogP contribution in [0.2, 0.25) is 0 Å². The van der Waals surface area contributed by atoms with E-state index in [1.807, 2.05) is 36.4 Å². The maximum atomic E-state index is 12.5. The summed E-state index contributed by atoms with van der Waals surface area (Å²) in [6.45, 7) is 4.46. The zero-order valence-corrected chi connectivity index (χ0v) is 13.1. The number of rotatable bonds is 2. The van der Waals surface area contributed by atoms with Crippen molar-refractivity contribution < 1.29 is 4.79 Å². The van der Waals surface area contributed by atoms with Gasteiger partial charge in [-0.25, -0.2) is 9.97 Å². The van der Waals surface area contributed by atoms with E-state index >= 15 is 0 Å². The largest absolute Gasteiger partial charge is 0.340 e. The van der Waals surface area contributed by atoms with Crippen LogP contribution < -0.4 is 9.80 Å². The lowest BCUT2D eigenvalue weighted by atomic mass is 9.86. The maximum absolute atomic E-state index is 12.5. The van der Waals surface area contributed by atoms with Gasteiger partial charge in [0, 0.05) is 50.1 Å². The quantitative estimate of drug-likeness (QED) is 0.846. The Morgan fingerprint density at radius 1 is 1.17 bits per heavy atom. The topological polar surface area (TPSA) is 62.2 Å². The van der Waals surface area contributed by atoms with Crippen molar-refractivity contribution in [2.45, 2.75) is 19.8 Å². The standard InChI is InChI=1S/C17H19N5O/c1-13-8-19-16(20-9-13)21-6-4-17(11-21)7-15(23)22(12-17)14-3-2-5-18-10-14/h2-3,5,8-10H,4,6-7,11-12H2,1H3/t17-/m0/s1. The average Bonchev–Trinajstić information content (AvgIpc) is 3.12. The fraction of sp³-hybridized carbons (Fsp3) is 0.412. The minimum atomic E-state index is 0.00116. The van der Waals surface area contributed by atoms with E-state index in [2.05, 4.69) is 19.9 Å². The second-order valence-electron chi connectivity index (χ2n) is 6.60.